The Hall–Kier alpha value is -2.83. The van der Waals surface area contributed by atoms with Gasteiger partial charge in [0.2, 0.25) is 0 Å². The van der Waals surface area contributed by atoms with Crippen LogP contribution in [0.5, 0.6) is 0 Å². The number of hydrogen-bond donors (Lipinski definition) is 1. The predicted octanol–water partition coefficient (Wildman–Crippen LogP) is 5.04. The molecule has 0 saturated carbocycles. The Labute approximate surface area is 181 Å². The van der Waals surface area contributed by atoms with Crippen LogP contribution in [0.1, 0.15) is 27.9 Å². The van der Waals surface area contributed by atoms with Crippen molar-refractivity contribution in [1.29, 1.82) is 0 Å². The molecule has 0 aliphatic carbocycles. The molecule has 3 aromatic rings. The lowest BCUT2D eigenvalue weighted by atomic mass is 10.0. The van der Waals surface area contributed by atoms with Gasteiger partial charge in [-0.05, 0) is 67.8 Å². The lowest BCUT2D eigenvalue weighted by molar-refractivity contribution is 0.102. The third-order valence-electron chi connectivity index (χ3n) is 5.14. The molecule has 4 rings (SSSR count). The monoisotopic (exact) mass is 440 g/mol. The zero-order chi connectivity index (χ0) is 21.3. The third-order valence-corrected chi connectivity index (χ3v) is 7.30. The summed E-state index contributed by atoms with van der Waals surface area (Å²) >= 11 is 6.10. The van der Waals surface area contributed by atoms with Gasteiger partial charge >= 0.3 is 0 Å². The first-order valence-corrected chi connectivity index (χ1v) is 11.5. The molecule has 0 radical (unpaired) electrons. The molecule has 1 aliphatic rings. The highest BCUT2D eigenvalue weighted by atomic mass is 35.5. The van der Waals surface area contributed by atoms with Crippen LogP contribution in [-0.2, 0) is 16.4 Å². The van der Waals surface area contributed by atoms with Gasteiger partial charge in [-0.3, -0.25) is 9.10 Å². The largest absolute Gasteiger partial charge is 0.322 e. The first kappa shape index (κ1) is 20.4. The Morgan fingerprint density at radius 3 is 2.50 bits per heavy atom. The summed E-state index contributed by atoms with van der Waals surface area (Å²) in [4.78, 5) is 12.8. The molecule has 154 valence electrons. The Morgan fingerprint density at radius 2 is 1.77 bits per heavy atom. The Bertz CT molecular complexity index is 1210. The summed E-state index contributed by atoms with van der Waals surface area (Å²) in [6, 6.07) is 19.0. The lowest BCUT2D eigenvalue weighted by Gasteiger charge is -2.31. The van der Waals surface area contributed by atoms with E-state index in [0.29, 0.717) is 34.9 Å². The minimum Gasteiger partial charge on any atom is -0.322 e. The van der Waals surface area contributed by atoms with E-state index in [4.69, 9.17) is 11.6 Å². The van der Waals surface area contributed by atoms with Gasteiger partial charge in [-0.15, -0.1) is 0 Å². The number of rotatable bonds is 4. The number of carbonyl (C=O) groups excluding carboxylic acids is 1. The standard InChI is InChI=1S/C23H21ClN2O3S/c1-16-8-11-19(12-9-16)30(28,29)26-14-4-5-17-15-18(10-13-22(17)26)25-23(27)20-6-2-3-7-21(20)24/h2-3,6-13,15H,4-5,14H2,1H3,(H,25,27). The second-order valence-corrected chi connectivity index (χ2v) is 9.54. The van der Waals surface area contributed by atoms with E-state index in [1.807, 2.05) is 13.0 Å². The van der Waals surface area contributed by atoms with Gasteiger partial charge in [-0.1, -0.05) is 41.4 Å². The Kier molecular flexibility index (Phi) is 5.54. The summed E-state index contributed by atoms with van der Waals surface area (Å²) in [5.74, 6) is -0.305. The Balaban J connectivity index is 1.62. The summed E-state index contributed by atoms with van der Waals surface area (Å²) in [5, 5.41) is 3.23. The fourth-order valence-electron chi connectivity index (χ4n) is 3.57. The van der Waals surface area contributed by atoms with Crippen molar-refractivity contribution in [3.8, 4) is 0 Å². The molecule has 1 amide bonds. The number of anilines is 2. The van der Waals surface area contributed by atoms with E-state index in [2.05, 4.69) is 5.32 Å². The van der Waals surface area contributed by atoms with Gasteiger partial charge in [0, 0.05) is 12.2 Å². The van der Waals surface area contributed by atoms with Crippen LogP contribution in [0.25, 0.3) is 0 Å². The SMILES string of the molecule is Cc1ccc(S(=O)(=O)N2CCCc3cc(NC(=O)c4ccccc4Cl)ccc32)cc1. The zero-order valence-corrected chi connectivity index (χ0v) is 18.0. The molecule has 0 aromatic heterocycles. The van der Waals surface area contributed by atoms with Crippen molar-refractivity contribution in [2.75, 3.05) is 16.2 Å². The number of benzene rings is 3. The lowest BCUT2D eigenvalue weighted by Crippen LogP contribution is -2.35. The highest BCUT2D eigenvalue weighted by Gasteiger charge is 2.29. The maximum atomic E-state index is 13.2. The quantitative estimate of drug-likeness (QED) is 0.617. The van der Waals surface area contributed by atoms with Crippen molar-refractivity contribution in [2.45, 2.75) is 24.7 Å². The van der Waals surface area contributed by atoms with Crippen LogP contribution in [-0.4, -0.2) is 20.9 Å². The van der Waals surface area contributed by atoms with Crippen LogP contribution < -0.4 is 9.62 Å². The van der Waals surface area contributed by atoms with Gasteiger partial charge < -0.3 is 5.32 Å². The van der Waals surface area contributed by atoms with Crippen molar-refractivity contribution in [1.82, 2.24) is 0 Å². The number of halogens is 1. The van der Waals surface area contributed by atoms with E-state index in [0.717, 1.165) is 17.5 Å². The number of fused-ring (bicyclic) bond motifs is 1. The minimum absolute atomic E-state index is 0.275. The number of carbonyl (C=O) groups is 1. The van der Waals surface area contributed by atoms with E-state index in [1.54, 1.807) is 60.7 Å². The van der Waals surface area contributed by atoms with Crippen LogP contribution in [0.15, 0.2) is 71.6 Å². The van der Waals surface area contributed by atoms with Crippen LogP contribution in [0.3, 0.4) is 0 Å². The fraction of sp³-hybridized carbons (Fsp3) is 0.174. The van der Waals surface area contributed by atoms with Crippen LogP contribution in [0, 0.1) is 6.92 Å². The molecule has 0 spiro atoms. The highest BCUT2D eigenvalue weighted by molar-refractivity contribution is 7.92. The normalized spacial score (nSPS) is 13.6. The predicted molar refractivity (Wildman–Crippen MR) is 120 cm³/mol. The van der Waals surface area contributed by atoms with Gasteiger partial charge in [0.15, 0.2) is 0 Å². The smallest absolute Gasteiger partial charge is 0.264 e. The molecule has 0 saturated heterocycles. The fourth-order valence-corrected chi connectivity index (χ4v) is 5.33. The average molecular weight is 441 g/mol. The average Bonchev–Trinajstić information content (AvgIpc) is 2.73. The second kappa shape index (κ2) is 8.13. The molecule has 0 bridgehead atoms. The van der Waals surface area contributed by atoms with Gasteiger partial charge in [-0.2, -0.15) is 0 Å². The summed E-state index contributed by atoms with van der Waals surface area (Å²) in [6.07, 6.45) is 1.45. The van der Waals surface area contributed by atoms with Crippen LogP contribution >= 0.6 is 11.6 Å². The Morgan fingerprint density at radius 1 is 1.03 bits per heavy atom. The zero-order valence-electron chi connectivity index (χ0n) is 16.4. The van der Waals surface area contributed by atoms with E-state index in [9.17, 15) is 13.2 Å². The molecule has 30 heavy (non-hydrogen) atoms. The molecule has 0 atom stereocenters. The molecular weight excluding hydrogens is 420 g/mol. The maximum Gasteiger partial charge on any atom is 0.264 e. The summed E-state index contributed by atoms with van der Waals surface area (Å²) < 4.78 is 27.8. The van der Waals surface area contributed by atoms with Crippen LogP contribution in [0.4, 0.5) is 11.4 Å². The second-order valence-electron chi connectivity index (χ2n) is 7.27. The summed E-state index contributed by atoms with van der Waals surface area (Å²) in [7, 11) is -3.65. The van der Waals surface area contributed by atoms with Crippen molar-refractivity contribution in [2.24, 2.45) is 0 Å². The number of nitrogens with one attached hydrogen (secondary N) is 1. The molecule has 7 heteroatoms. The van der Waals surface area contributed by atoms with Gasteiger partial charge in [0.1, 0.15) is 0 Å². The number of nitrogens with zero attached hydrogens (tertiary/aromatic N) is 1. The highest BCUT2D eigenvalue weighted by Crippen LogP contribution is 2.34. The summed E-state index contributed by atoms with van der Waals surface area (Å²) in [5.41, 5.74) is 3.53. The summed E-state index contributed by atoms with van der Waals surface area (Å²) in [6.45, 7) is 2.35. The molecule has 0 unspecified atom stereocenters. The molecular formula is C23H21ClN2O3S. The van der Waals surface area contributed by atoms with Crippen molar-refractivity contribution >= 4 is 38.9 Å². The first-order chi connectivity index (χ1) is 14.4. The number of aryl methyl sites for hydroxylation is 2. The number of hydrogen-bond acceptors (Lipinski definition) is 3. The number of sulfonamides is 1. The van der Waals surface area contributed by atoms with E-state index < -0.39 is 10.0 Å². The van der Waals surface area contributed by atoms with Crippen molar-refractivity contribution in [3.63, 3.8) is 0 Å². The maximum absolute atomic E-state index is 13.2. The van der Waals surface area contributed by atoms with Crippen molar-refractivity contribution in [3.05, 3.63) is 88.4 Å². The topological polar surface area (TPSA) is 66.5 Å². The molecule has 1 aliphatic heterocycles. The van der Waals surface area contributed by atoms with Gasteiger partial charge in [-0.25, -0.2) is 8.42 Å². The van der Waals surface area contributed by atoms with E-state index in [1.165, 1.54) is 4.31 Å². The first-order valence-electron chi connectivity index (χ1n) is 9.64. The third kappa shape index (κ3) is 3.93. The molecule has 3 aromatic carbocycles. The van der Waals surface area contributed by atoms with E-state index in [-0.39, 0.29) is 10.8 Å². The van der Waals surface area contributed by atoms with Crippen LogP contribution in [0.2, 0.25) is 5.02 Å². The number of amides is 1. The molecule has 1 heterocycles. The molecule has 5 nitrogen and oxygen atoms in total. The minimum atomic E-state index is -3.65. The molecule has 1 N–H and O–H groups in total. The van der Waals surface area contributed by atoms with Gasteiger partial charge in [0.05, 0.1) is 21.2 Å². The van der Waals surface area contributed by atoms with E-state index >= 15 is 0 Å². The van der Waals surface area contributed by atoms with Gasteiger partial charge in [0.25, 0.3) is 15.9 Å². The molecule has 0 fully saturated rings. The van der Waals surface area contributed by atoms with Crippen molar-refractivity contribution < 1.29 is 13.2 Å².